The molecule has 450 valence electrons. The SMILES string of the molecule is CC1(C)OB(c2ccc(CC(=O)c3c(F)cccc3F)cc2)OC1(C)C.Cc1ccc(N)cc1Br.Cc1ccc(Nc2ccccn2)cc1-c1ccc(CC(=O)c2c(F)cccc2F)cc1.Cc1ccc(Nc2ccccn2)cc1Br.Clc1ccccn1. The van der Waals surface area contributed by atoms with Crippen molar-refractivity contribution in [2.24, 2.45) is 0 Å². The number of nitrogens with two attached hydrogens (primary N) is 1. The fourth-order valence-electron chi connectivity index (χ4n) is 8.45. The topological polar surface area (TPSA) is 141 Å². The van der Waals surface area contributed by atoms with Crippen LogP contribution in [-0.4, -0.2) is 44.8 Å². The van der Waals surface area contributed by atoms with Crippen LogP contribution >= 0.6 is 43.5 Å². The number of carbonyl (C=O) groups is 2. The molecule has 0 atom stereocenters. The molecule has 88 heavy (non-hydrogen) atoms. The third-order valence-electron chi connectivity index (χ3n) is 14.1. The maximum Gasteiger partial charge on any atom is 0.494 e. The first-order valence-corrected chi connectivity index (χ1v) is 29.7. The van der Waals surface area contributed by atoms with E-state index < -0.39 is 64.3 Å². The summed E-state index contributed by atoms with van der Waals surface area (Å²) in [4.78, 5) is 36.8. The highest BCUT2D eigenvalue weighted by Gasteiger charge is 2.51. The summed E-state index contributed by atoms with van der Waals surface area (Å²) in [5, 5.41) is 7.06. The Bertz CT molecular complexity index is 3900. The van der Waals surface area contributed by atoms with Gasteiger partial charge in [0.1, 0.15) is 40.1 Å². The van der Waals surface area contributed by atoms with Gasteiger partial charge in [-0.1, -0.05) is 141 Å². The van der Waals surface area contributed by atoms with Crippen molar-refractivity contribution in [3.05, 3.63) is 289 Å². The van der Waals surface area contributed by atoms with Crippen molar-refractivity contribution in [2.45, 2.75) is 72.5 Å². The number of hydrogen-bond donors (Lipinski definition) is 3. The van der Waals surface area contributed by atoms with Crippen molar-refractivity contribution in [1.82, 2.24) is 15.0 Å². The summed E-state index contributed by atoms with van der Waals surface area (Å²) in [6.45, 7) is 14.0. The molecule has 1 aliphatic rings. The summed E-state index contributed by atoms with van der Waals surface area (Å²) >= 11 is 12.3. The van der Waals surface area contributed by atoms with Crippen molar-refractivity contribution in [2.75, 3.05) is 16.4 Å². The largest absolute Gasteiger partial charge is 0.494 e. The normalized spacial score (nSPS) is 12.5. The molecule has 0 spiro atoms. The van der Waals surface area contributed by atoms with Crippen molar-refractivity contribution in [3.8, 4) is 11.1 Å². The van der Waals surface area contributed by atoms with Crippen molar-refractivity contribution in [1.29, 1.82) is 0 Å². The van der Waals surface area contributed by atoms with E-state index in [1.165, 1.54) is 23.3 Å². The number of carbonyl (C=O) groups excluding carboxylic acids is 2. The lowest BCUT2D eigenvalue weighted by Crippen LogP contribution is -2.41. The van der Waals surface area contributed by atoms with E-state index in [1.807, 2.05) is 175 Å². The van der Waals surface area contributed by atoms with Gasteiger partial charge < -0.3 is 25.7 Å². The van der Waals surface area contributed by atoms with Gasteiger partial charge in [0.25, 0.3) is 0 Å². The van der Waals surface area contributed by atoms with Crippen LogP contribution in [0.15, 0.2) is 222 Å². The van der Waals surface area contributed by atoms with Crippen LogP contribution in [0.25, 0.3) is 11.1 Å². The predicted octanol–water partition coefficient (Wildman–Crippen LogP) is 18.2. The number of aryl methyl sites for hydroxylation is 3. The molecule has 1 fully saturated rings. The fraction of sp³-hybridized carbons (Fsp3) is 0.157. The van der Waals surface area contributed by atoms with E-state index in [4.69, 9.17) is 26.6 Å². The number of Topliss-reactive ketones (excluding diaryl/α,β-unsaturated/α-hetero) is 2. The highest BCUT2D eigenvalue weighted by Crippen LogP contribution is 2.37. The van der Waals surface area contributed by atoms with E-state index in [2.05, 4.69) is 70.4 Å². The zero-order chi connectivity index (χ0) is 63.5. The molecule has 10 aromatic rings. The molecule has 10 nitrogen and oxygen atoms in total. The average Bonchev–Trinajstić information content (AvgIpc) is 2.45. The maximum atomic E-state index is 13.9. The third-order valence-corrected chi connectivity index (χ3v) is 16.0. The molecule has 1 saturated heterocycles. The van der Waals surface area contributed by atoms with Crippen LogP contribution < -0.4 is 21.8 Å². The van der Waals surface area contributed by atoms with Crippen molar-refractivity contribution in [3.63, 3.8) is 0 Å². The minimum absolute atomic E-state index is 0.0710. The van der Waals surface area contributed by atoms with Crippen LogP contribution in [0.1, 0.15) is 76.2 Å². The van der Waals surface area contributed by atoms with Gasteiger partial charge in [-0.2, -0.15) is 0 Å². The quantitative estimate of drug-likeness (QED) is 0.0356. The van der Waals surface area contributed by atoms with E-state index in [0.717, 1.165) is 84.1 Å². The Labute approximate surface area is 533 Å². The zero-order valence-corrected chi connectivity index (χ0v) is 53.3. The summed E-state index contributed by atoms with van der Waals surface area (Å²) in [7, 11) is -0.492. The Hall–Kier alpha value is -8.32. The van der Waals surface area contributed by atoms with Gasteiger partial charge in [0.15, 0.2) is 11.6 Å². The molecular formula is C70H64BBr2ClF4N6O4. The average molecular weight is 1340 g/mol. The van der Waals surface area contributed by atoms with E-state index in [9.17, 15) is 27.2 Å². The lowest BCUT2D eigenvalue weighted by molar-refractivity contribution is 0.00578. The molecule has 7 aromatic carbocycles. The number of halogens is 7. The van der Waals surface area contributed by atoms with Gasteiger partial charge in [-0.05, 0) is 190 Å². The van der Waals surface area contributed by atoms with Gasteiger partial charge in [0, 0.05) is 57.4 Å². The minimum Gasteiger partial charge on any atom is -0.399 e. The van der Waals surface area contributed by atoms with Crippen LogP contribution in [0, 0.1) is 44.0 Å². The molecule has 1 aliphatic heterocycles. The maximum absolute atomic E-state index is 13.9. The van der Waals surface area contributed by atoms with Crippen LogP contribution in [0.5, 0.6) is 0 Å². The fourth-order valence-corrected chi connectivity index (χ4v) is 9.36. The number of aromatic nitrogens is 3. The van der Waals surface area contributed by atoms with Crippen molar-refractivity contribution >= 4 is 96.3 Å². The highest BCUT2D eigenvalue weighted by atomic mass is 79.9. The Morgan fingerprint density at radius 3 is 1.33 bits per heavy atom. The Kier molecular flexibility index (Phi) is 24.1. The van der Waals surface area contributed by atoms with Crippen LogP contribution in [-0.2, 0) is 22.2 Å². The molecular weight excluding hydrogens is 1270 g/mol. The molecule has 0 aliphatic carbocycles. The van der Waals surface area contributed by atoms with E-state index in [1.54, 1.807) is 36.8 Å². The van der Waals surface area contributed by atoms with E-state index >= 15 is 0 Å². The number of rotatable bonds is 12. The molecule has 0 amide bonds. The number of ketones is 2. The van der Waals surface area contributed by atoms with Gasteiger partial charge in [0.05, 0.1) is 22.3 Å². The Balaban J connectivity index is 0.000000172. The molecule has 0 radical (unpaired) electrons. The molecule has 3 aromatic heterocycles. The number of pyridine rings is 3. The second-order valence-electron chi connectivity index (χ2n) is 21.3. The van der Waals surface area contributed by atoms with Gasteiger partial charge in [0.2, 0.25) is 0 Å². The van der Waals surface area contributed by atoms with Crippen LogP contribution in [0.2, 0.25) is 5.15 Å². The number of nitrogens with one attached hydrogen (secondary N) is 2. The second-order valence-corrected chi connectivity index (χ2v) is 23.4. The first-order valence-electron chi connectivity index (χ1n) is 27.8. The Morgan fingerprint density at radius 1 is 0.511 bits per heavy atom. The molecule has 0 saturated carbocycles. The molecule has 4 N–H and O–H groups in total. The third kappa shape index (κ3) is 19.3. The lowest BCUT2D eigenvalue weighted by Gasteiger charge is -2.32. The summed E-state index contributed by atoms with van der Waals surface area (Å²) < 4.78 is 69.3. The molecule has 11 rings (SSSR count). The number of benzene rings is 7. The lowest BCUT2D eigenvalue weighted by atomic mass is 9.78. The summed E-state index contributed by atoms with van der Waals surface area (Å²) in [5.74, 6) is -2.93. The zero-order valence-electron chi connectivity index (χ0n) is 49.4. The monoisotopic (exact) mass is 1330 g/mol. The number of nitrogens with zero attached hydrogens (tertiary/aromatic N) is 3. The summed E-state index contributed by atoms with van der Waals surface area (Å²) in [5.41, 5.74) is 14.1. The standard InChI is InChI=1S/C26H20F2N2O.C20H21BF2O3.C12H11BrN2.C7H8BrN.C5H4ClN/c1-17-8-13-20(30-25-7-2-3-14-29-25)16-21(17)19-11-9-18(10-12-19)15-24(31)26-22(27)5-4-6-23(26)28;1-19(2)20(3,4)26-21(25-19)14-10-8-13(9-11-14)12-17(24)18-15(22)6-5-7-16(18)23;1-9-5-6-10(8-11(9)13)15-12-4-2-3-7-14-12;1-5-2-3-6(9)4-7(5)8;6-5-3-1-2-4-7-5/h2-14,16H,15H2,1H3,(H,29,30);5-11H,12H2,1-4H3;2-8H,1H3,(H,14,15);2-4H,9H2,1H3;1-4H. The molecule has 18 heteroatoms. The van der Waals surface area contributed by atoms with Crippen LogP contribution in [0.3, 0.4) is 0 Å². The summed E-state index contributed by atoms with van der Waals surface area (Å²) in [6, 6.07) is 56.2. The minimum atomic E-state index is -0.844. The van der Waals surface area contributed by atoms with Gasteiger partial charge in [-0.25, -0.2) is 32.5 Å². The predicted molar refractivity (Wildman–Crippen MR) is 354 cm³/mol. The highest BCUT2D eigenvalue weighted by molar-refractivity contribution is 9.10. The molecule has 4 heterocycles. The first kappa shape index (κ1) is 67.2. The van der Waals surface area contributed by atoms with E-state index in [0.29, 0.717) is 16.3 Å². The van der Waals surface area contributed by atoms with Gasteiger partial charge in [-0.15, -0.1) is 0 Å². The summed E-state index contributed by atoms with van der Waals surface area (Å²) in [6.07, 6.45) is 5.00. The second kappa shape index (κ2) is 31.5. The first-order chi connectivity index (χ1) is 42.0. The van der Waals surface area contributed by atoms with E-state index in [-0.39, 0.29) is 12.8 Å². The Morgan fingerprint density at radius 2 is 0.932 bits per heavy atom. The van der Waals surface area contributed by atoms with Gasteiger partial charge >= 0.3 is 7.12 Å². The van der Waals surface area contributed by atoms with Crippen molar-refractivity contribution < 1.29 is 36.5 Å². The molecule has 0 bridgehead atoms. The smallest absolute Gasteiger partial charge is 0.399 e. The van der Waals surface area contributed by atoms with Crippen LogP contribution in [0.4, 0.5) is 46.3 Å². The molecule has 0 unspecified atom stereocenters. The number of nitrogen functional groups attached to an aromatic ring is 1. The number of anilines is 5. The van der Waals surface area contributed by atoms with Gasteiger partial charge in [-0.3, -0.25) is 9.59 Å². The number of hydrogen-bond acceptors (Lipinski definition) is 10.